The second kappa shape index (κ2) is 3.02. The van der Waals surface area contributed by atoms with Gasteiger partial charge in [-0.2, -0.15) is 0 Å². The summed E-state index contributed by atoms with van der Waals surface area (Å²) in [5, 5.41) is 0. The molecular formula is C8H14O. The summed E-state index contributed by atoms with van der Waals surface area (Å²) >= 11 is 0. The number of allylic oxidation sites excluding steroid dienone is 1. The van der Waals surface area contributed by atoms with Gasteiger partial charge in [-0.15, -0.1) is 0 Å². The fourth-order valence-corrected chi connectivity index (χ4v) is 1.25. The van der Waals surface area contributed by atoms with Gasteiger partial charge in [0.1, 0.15) is 0 Å². The highest BCUT2D eigenvalue weighted by molar-refractivity contribution is 4.93. The molecular weight excluding hydrogens is 112 g/mol. The third kappa shape index (κ3) is 1.55. The Morgan fingerprint density at radius 2 is 2.00 bits per heavy atom. The summed E-state index contributed by atoms with van der Waals surface area (Å²) < 4.78 is 5.25. The van der Waals surface area contributed by atoms with E-state index in [1.807, 2.05) is 0 Å². The first kappa shape index (κ1) is 6.81. The molecule has 0 aromatic rings. The maximum absolute atomic E-state index is 5.25. The van der Waals surface area contributed by atoms with E-state index in [0.29, 0.717) is 12.0 Å². The Bertz CT molecular complexity index is 107. The zero-order chi connectivity index (χ0) is 6.69. The number of rotatable bonds is 1. The molecule has 1 aliphatic rings. The molecule has 0 amide bonds. The van der Waals surface area contributed by atoms with Gasteiger partial charge in [-0.05, 0) is 18.8 Å². The van der Waals surface area contributed by atoms with Crippen molar-refractivity contribution in [2.45, 2.75) is 25.9 Å². The minimum absolute atomic E-state index is 0.468. The van der Waals surface area contributed by atoms with Crippen LogP contribution in [-0.4, -0.2) is 13.2 Å². The van der Waals surface area contributed by atoms with Crippen molar-refractivity contribution >= 4 is 0 Å². The fraction of sp³-hybridized carbons (Fsp3) is 0.750. The predicted molar refractivity (Wildman–Crippen MR) is 38.3 cm³/mol. The lowest BCUT2D eigenvalue weighted by atomic mass is 9.93. The quantitative estimate of drug-likeness (QED) is 0.488. The summed E-state index contributed by atoms with van der Waals surface area (Å²) in [6.45, 7) is 2.23. The summed E-state index contributed by atoms with van der Waals surface area (Å²) in [7, 11) is 1.79. The van der Waals surface area contributed by atoms with Crippen LogP contribution < -0.4 is 0 Å². The van der Waals surface area contributed by atoms with Crippen molar-refractivity contribution in [2.24, 2.45) is 5.92 Å². The number of hydrogen-bond acceptors (Lipinski definition) is 1. The Morgan fingerprint density at radius 3 is 2.44 bits per heavy atom. The van der Waals surface area contributed by atoms with Gasteiger partial charge in [-0.25, -0.2) is 0 Å². The minimum Gasteiger partial charge on any atom is -0.381 e. The first-order chi connectivity index (χ1) is 4.34. The molecule has 0 saturated carbocycles. The third-order valence-corrected chi connectivity index (χ3v) is 1.98. The SMILES string of the molecule is COC1CC=CCC1C. The standard InChI is InChI=1S/C8H14O/c1-7-5-3-4-6-8(7)9-2/h3-4,7-8H,5-6H2,1-2H3. The van der Waals surface area contributed by atoms with Crippen molar-refractivity contribution in [2.75, 3.05) is 7.11 Å². The van der Waals surface area contributed by atoms with Crippen molar-refractivity contribution < 1.29 is 4.74 Å². The molecule has 9 heavy (non-hydrogen) atoms. The van der Waals surface area contributed by atoms with E-state index in [2.05, 4.69) is 19.1 Å². The van der Waals surface area contributed by atoms with E-state index in [-0.39, 0.29) is 0 Å². The molecule has 0 bridgehead atoms. The highest BCUT2D eigenvalue weighted by atomic mass is 16.5. The van der Waals surface area contributed by atoms with E-state index >= 15 is 0 Å². The molecule has 0 radical (unpaired) electrons. The molecule has 52 valence electrons. The topological polar surface area (TPSA) is 9.23 Å². The van der Waals surface area contributed by atoms with Gasteiger partial charge in [0, 0.05) is 7.11 Å². The van der Waals surface area contributed by atoms with Crippen molar-refractivity contribution in [1.82, 2.24) is 0 Å². The Labute approximate surface area is 56.7 Å². The molecule has 2 unspecified atom stereocenters. The van der Waals surface area contributed by atoms with Crippen LogP contribution >= 0.6 is 0 Å². The smallest absolute Gasteiger partial charge is 0.0634 e. The van der Waals surface area contributed by atoms with Gasteiger partial charge in [0.25, 0.3) is 0 Å². The van der Waals surface area contributed by atoms with Gasteiger partial charge in [0.05, 0.1) is 6.10 Å². The summed E-state index contributed by atoms with van der Waals surface area (Å²) in [4.78, 5) is 0. The minimum atomic E-state index is 0.468. The molecule has 1 aliphatic carbocycles. The number of ether oxygens (including phenoxy) is 1. The lowest BCUT2D eigenvalue weighted by Gasteiger charge is -2.23. The maximum atomic E-state index is 5.25. The van der Waals surface area contributed by atoms with Gasteiger partial charge in [-0.1, -0.05) is 19.1 Å². The van der Waals surface area contributed by atoms with Crippen LogP contribution in [0.2, 0.25) is 0 Å². The van der Waals surface area contributed by atoms with E-state index in [1.54, 1.807) is 7.11 Å². The maximum Gasteiger partial charge on any atom is 0.0634 e. The average molecular weight is 126 g/mol. The molecule has 1 rings (SSSR count). The van der Waals surface area contributed by atoms with Crippen LogP contribution in [0, 0.1) is 5.92 Å². The van der Waals surface area contributed by atoms with Crippen molar-refractivity contribution in [3.8, 4) is 0 Å². The highest BCUT2D eigenvalue weighted by Gasteiger charge is 2.16. The first-order valence-corrected chi connectivity index (χ1v) is 3.52. The van der Waals surface area contributed by atoms with Crippen LogP contribution in [0.1, 0.15) is 19.8 Å². The van der Waals surface area contributed by atoms with Crippen LogP contribution in [0.3, 0.4) is 0 Å². The Hall–Kier alpha value is -0.300. The molecule has 0 fully saturated rings. The largest absolute Gasteiger partial charge is 0.381 e. The van der Waals surface area contributed by atoms with Crippen molar-refractivity contribution in [3.05, 3.63) is 12.2 Å². The normalized spacial score (nSPS) is 34.9. The molecule has 0 aromatic carbocycles. The van der Waals surface area contributed by atoms with Gasteiger partial charge in [0.15, 0.2) is 0 Å². The summed E-state index contributed by atoms with van der Waals surface area (Å²) in [6, 6.07) is 0. The zero-order valence-electron chi connectivity index (χ0n) is 6.13. The second-order valence-electron chi connectivity index (χ2n) is 2.69. The molecule has 0 N–H and O–H groups in total. The van der Waals surface area contributed by atoms with E-state index < -0.39 is 0 Å². The molecule has 2 atom stereocenters. The summed E-state index contributed by atoms with van der Waals surface area (Å²) in [5.74, 6) is 0.708. The average Bonchev–Trinajstić information content (AvgIpc) is 1.89. The van der Waals surface area contributed by atoms with Crippen LogP contribution in [-0.2, 0) is 4.74 Å². The van der Waals surface area contributed by atoms with Gasteiger partial charge in [-0.3, -0.25) is 0 Å². The molecule has 0 aromatic heterocycles. The first-order valence-electron chi connectivity index (χ1n) is 3.52. The highest BCUT2D eigenvalue weighted by Crippen LogP contribution is 2.19. The fourth-order valence-electron chi connectivity index (χ4n) is 1.25. The second-order valence-corrected chi connectivity index (χ2v) is 2.69. The Morgan fingerprint density at radius 1 is 1.33 bits per heavy atom. The molecule has 0 aliphatic heterocycles. The van der Waals surface area contributed by atoms with E-state index in [4.69, 9.17) is 4.74 Å². The third-order valence-electron chi connectivity index (χ3n) is 1.98. The van der Waals surface area contributed by atoms with Gasteiger partial charge in [0.2, 0.25) is 0 Å². The van der Waals surface area contributed by atoms with E-state index in [9.17, 15) is 0 Å². The lowest BCUT2D eigenvalue weighted by Crippen LogP contribution is -2.21. The van der Waals surface area contributed by atoms with Crippen LogP contribution in [0.15, 0.2) is 12.2 Å². The summed E-state index contributed by atoms with van der Waals surface area (Å²) in [5.41, 5.74) is 0. The van der Waals surface area contributed by atoms with E-state index in [0.717, 1.165) is 6.42 Å². The molecule has 0 spiro atoms. The molecule has 0 heterocycles. The van der Waals surface area contributed by atoms with Crippen molar-refractivity contribution in [3.63, 3.8) is 0 Å². The molecule has 0 saturated heterocycles. The molecule has 1 heteroatoms. The van der Waals surface area contributed by atoms with Crippen molar-refractivity contribution in [1.29, 1.82) is 0 Å². The number of methoxy groups -OCH3 is 1. The monoisotopic (exact) mass is 126 g/mol. The van der Waals surface area contributed by atoms with Gasteiger partial charge < -0.3 is 4.74 Å². The summed E-state index contributed by atoms with van der Waals surface area (Å²) in [6.07, 6.45) is 7.18. The van der Waals surface area contributed by atoms with Crippen LogP contribution in [0.25, 0.3) is 0 Å². The van der Waals surface area contributed by atoms with Gasteiger partial charge >= 0.3 is 0 Å². The van der Waals surface area contributed by atoms with Crippen LogP contribution in [0.4, 0.5) is 0 Å². The zero-order valence-corrected chi connectivity index (χ0v) is 6.13. The van der Waals surface area contributed by atoms with E-state index in [1.165, 1.54) is 6.42 Å². The Kier molecular flexibility index (Phi) is 2.29. The van der Waals surface area contributed by atoms with Crippen LogP contribution in [0.5, 0.6) is 0 Å². The Balaban J connectivity index is 2.43. The number of hydrogen-bond donors (Lipinski definition) is 0. The lowest BCUT2D eigenvalue weighted by molar-refractivity contribution is 0.0580. The predicted octanol–water partition coefficient (Wildman–Crippen LogP) is 1.99. The molecule has 1 nitrogen and oxygen atoms in total.